The van der Waals surface area contributed by atoms with Crippen LogP contribution in [-0.4, -0.2) is 30.8 Å². The lowest BCUT2D eigenvalue weighted by Crippen LogP contribution is -2.21. The number of rotatable bonds is 6. The Balaban J connectivity index is 1.80. The molecular weight excluding hydrogens is 296 g/mol. The first-order valence-corrected chi connectivity index (χ1v) is 8.08. The second-order valence-corrected chi connectivity index (χ2v) is 6.29. The highest BCUT2D eigenvalue weighted by molar-refractivity contribution is 7.09. The van der Waals surface area contributed by atoms with Crippen molar-refractivity contribution in [3.63, 3.8) is 0 Å². The van der Waals surface area contributed by atoms with Crippen LogP contribution in [0.2, 0.25) is 0 Å². The summed E-state index contributed by atoms with van der Waals surface area (Å²) in [6, 6.07) is 11.1. The van der Waals surface area contributed by atoms with Crippen LogP contribution in [0.3, 0.4) is 0 Å². The highest BCUT2D eigenvalue weighted by atomic mass is 32.1. The molecule has 2 aromatic rings. The quantitative estimate of drug-likeness (QED) is 0.888. The Bertz CT molecular complexity index is 619. The van der Waals surface area contributed by atoms with Crippen molar-refractivity contribution < 1.29 is 9.59 Å². The molecule has 116 valence electrons. The molecule has 0 atom stereocenters. The Kier molecular flexibility index (Phi) is 5.72. The van der Waals surface area contributed by atoms with Gasteiger partial charge in [-0.25, -0.2) is 0 Å². The summed E-state index contributed by atoms with van der Waals surface area (Å²) in [5.41, 5.74) is 1.33. The zero-order valence-corrected chi connectivity index (χ0v) is 13.7. The summed E-state index contributed by atoms with van der Waals surface area (Å²) in [4.78, 5) is 26.5. The first-order valence-electron chi connectivity index (χ1n) is 7.20. The van der Waals surface area contributed by atoms with Crippen molar-refractivity contribution in [1.29, 1.82) is 0 Å². The van der Waals surface area contributed by atoms with Gasteiger partial charge >= 0.3 is 0 Å². The number of amides is 2. The van der Waals surface area contributed by atoms with Crippen LogP contribution in [0.4, 0.5) is 5.69 Å². The van der Waals surface area contributed by atoms with Crippen molar-refractivity contribution >= 4 is 28.8 Å². The van der Waals surface area contributed by atoms with E-state index in [0.29, 0.717) is 12.0 Å². The molecule has 2 amide bonds. The molecule has 4 nitrogen and oxygen atoms in total. The number of carbonyl (C=O) groups excluding carboxylic acids is 2. The van der Waals surface area contributed by atoms with Crippen LogP contribution >= 0.6 is 11.3 Å². The molecule has 0 aliphatic carbocycles. The third kappa shape index (κ3) is 4.70. The number of thiophene rings is 1. The van der Waals surface area contributed by atoms with Crippen molar-refractivity contribution in [2.24, 2.45) is 0 Å². The van der Waals surface area contributed by atoms with E-state index in [9.17, 15) is 9.59 Å². The summed E-state index contributed by atoms with van der Waals surface area (Å²) in [5, 5.41) is 4.90. The zero-order chi connectivity index (χ0) is 15.9. The van der Waals surface area contributed by atoms with Gasteiger partial charge in [-0.05, 0) is 48.6 Å². The number of carbonyl (C=O) groups is 2. The van der Waals surface area contributed by atoms with Gasteiger partial charge in [0.1, 0.15) is 0 Å². The van der Waals surface area contributed by atoms with Crippen LogP contribution in [0.25, 0.3) is 0 Å². The molecule has 1 heterocycles. The fourth-order valence-electron chi connectivity index (χ4n) is 2.06. The van der Waals surface area contributed by atoms with E-state index < -0.39 is 0 Å². The molecule has 0 radical (unpaired) electrons. The van der Waals surface area contributed by atoms with Crippen molar-refractivity contribution in [1.82, 2.24) is 4.90 Å². The molecule has 0 fully saturated rings. The van der Waals surface area contributed by atoms with E-state index in [4.69, 9.17) is 0 Å². The minimum Gasteiger partial charge on any atom is -0.345 e. The minimum atomic E-state index is -0.0474. The molecule has 2 rings (SSSR count). The number of hydrogen-bond acceptors (Lipinski definition) is 3. The van der Waals surface area contributed by atoms with Crippen LogP contribution in [0.15, 0.2) is 41.8 Å². The van der Waals surface area contributed by atoms with E-state index in [2.05, 4.69) is 11.4 Å². The number of hydrogen-bond donors (Lipinski definition) is 1. The van der Waals surface area contributed by atoms with Gasteiger partial charge in [0.2, 0.25) is 5.91 Å². The molecule has 0 unspecified atom stereocenters. The average Bonchev–Trinajstić information content (AvgIpc) is 3.00. The molecule has 1 N–H and O–H groups in total. The van der Waals surface area contributed by atoms with Crippen LogP contribution in [-0.2, 0) is 11.2 Å². The number of nitrogens with one attached hydrogen (secondary N) is 1. The van der Waals surface area contributed by atoms with E-state index in [-0.39, 0.29) is 11.8 Å². The third-order valence-electron chi connectivity index (χ3n) is 3.23. The van der Waals surface area contributed by atoms with Gasteiger partial charge in [-0.1, -0.05) is 6.07 Å². The lowest BCUT2D eigenvalue weighted by Gasteiger charge is -2.11. The zero-order valence-electron chi connectivity index (χ0n) is 12.8. The Morgan fingerprint density at radius 1 is 1.14 bits per heavy atom. The smallest absolute Gasteiger partial charge is 0.253 e. The summed E-state index contributed by atoms with van der Waals surface area (Å²) in [5.74, 6) is -0.0444. The SMILES string of the molecule is CN(C)C(=O)c1ccc(NC(=O)CCCc2cccs2)cc1. The highest BCUT2D eigenvalue weighted by Gasteiger charge is 2.08. The van der Waals surface area contributed by atoms with Gasteiger partial charge in [-0.3, -0.25) is 9.59 Å². The minimum absolute atomic E-state index is 0.00300. The molecule has 0 spiro atoms. The highest BCUT2D eigenvalue weighted by Crippen LogP contribution is 2.14. The maximum atomic E-state index is 11.9. The van der Waals surface area contributed by atoms with Crippen LogP contribution in [0, 0.1) is 0 Å². The van der Waals surface area contributed by atoms with E-state index >= 15 is 0 Å². The molecule has 1 aromatic carbocycles. The summed E-state index contributed by atoms with van der Waals surface area (Å²) in [6.07, 6.45) is 2.27. The molecule has 0 aliphatic heterocycles. The van der Waals surface area contributed by atoms with E-state index in [1.807, 2.05) is 11.4 Å². The fraction of sp³-hybridized carbons (Fsp3) is 0.294. The van der Waals surface area contributed by atoms with E-state index in [0.717, 1.165) is 18.5 Å². The topological polar surface area (TPSA) is 49.4 Å². The molecule has 22 heavy (non-hydrogen) atoms. The second kappa shape index (κ2) is 7.75. The lowest BCUT2D eigenvalue weighted by molar-refractivity contribution is -0.116. The Hall–Kier alpha value is -2.14. The molecule has 0 aliphatic rings. The third-order valence-corrected chi connectivity index (χ3v) is 4.17. The standard InChI is InChI=1S/C17H20N2O2S/c1-19(2)17(21)13-8-10-14(11-9-13)18-16(20)7-3-5-15-6-4-12-22-15/h4,6,8-12H,3,5,7H2,1-2H3,(H,18,20). The van der Waals surface area contributed by atoms with Gasteiger partial charge in [0.25, 0.3) is 5.91 Å². The fourth-order valence-corrected chi connectivity index (χ4v) is 2.81. The first-order chi connectivity index (χ1) is 10.6. The molecule has 0 saturated carbocycles. The summed E-state index contributed by atoms with van der Waals surface area (Å²) < 4.78 is 0. The summed E-state index contributed by atoms with van der Waals surface area (Å²) in [6.45, 7) is 0. The molecule has 5 heteroatoms. The second-order valence-electron chi connectivity index (χ2n) is 5.26. The lowest BCUT2D eigenvalue weighted by atomic mass is 10.1. The summed E-state index contributed by atoms with van der Waals surface area (Å²) in [7, 11) is 3.43. The maximum Gasteiger partial charge on any atom is 0.253 e. The normalized spacial score (nSPS) is 10.3. The maximum absolute atomic E-state index is 11.9. The van der Waals surface area contributed by atoms with Gasteiger partial charge in [0.15, 0.2) is 0 Å². The van der Waals surface area contributed by atoms with Gasteiger partial charge in [0, 0.05) is 36.6 Å². The van der Waals surface area contributed by atoms with Crippen molar-refractivity contribution in [3.05, 3.63) is 52.2 Å². The van der Waals surface area contributed by atoms with Gasteiger partial charge in [-0.2, -0.15) is 0 Å². The Morgan fingerprint density at radius 2 is 1.86 bits per heavy atom. The van der Waals surface area contributed by atoms with Crippen LogP contribution in [0.1, 0.15) is 28.1 Å². The van der Waals surface area contributed by atoms with Crippen LogP contribution < -0.4 is 5.32 Å². The van der Waals surface area contributed by atoms with Crippen molar-refractivity contribution in [3.8, 4) is 0 Å². The van der Waals surface area contributed by atoms with Crippen LogP contribution in [0.5, 0.6) is 0 Å². The van der Waals surface area contributed by atoms with Gasteiger partial charge in [-0.15, -0.1) is 11.3 Å². The van der Waals surface area contributed by atoms with Gasteiger partial charge < -0.3 is 10.2 Å². The van der Waals surface area contributed by atoms with E-state index in [1.54, 1.807) is 49.7 Å². The molecular formula is C17H20N2O2S. The number of anilines is 1. The number of aryl methyl sites for hydroxylation is 1. The number of benzene rings is 1. The average molecular weight is 316 g/mol. The molecule has 0 bridgehead atoms. The van der Waals surface area contributed by atoms with Gasteiger partial charge in [0.05, 0.1) is 0 Å². The summed E-state index contributed by atoms with van der Waals surface area (Å²) >= 11 is 1.72. The molecule has 0 saturated heterocycles. The van der Waals surface area contributed by atoms with E-state index in [1.165, 1.54) is 9.78 Å². The first kappa shape index (κ1) is 16.2. The largest absolute Gasteiger partial charge is 0.345 e. The predicted molar refractivity (Wildman–Crippen MR) is 90.3 cm³/mol. The Labute approximate surface area is 134 Å². The van der Waals surface area contributed by atoms with Crippen molar-refractivity contribution in [2.75, 3.05) is 19.4 Å². The monoisotopic (exact) mass is 316 g/mol. The Morgan fingerprint density at radius 3 is 2.45 bits per heavy atom. The molecule has 1 aromatic heterocycles. The van der Waals surface area contributed by atoms with Crippen molar-refractivity contribution in [2.45, 2.75) is 19.3 Å². The number of nitrogens with zero attached hydrogens (tertiary/aromatic N) is 1. The predicted octanol–water partition coefficient (Wildman–Crippen LogP) is 3.41.